The molecule has 1 atom stereocenters. The third-order valence-corrected chi connectivity index (χ3v) is 5.80. The van der Waals surface area contributed by atoms with E-state index in [1.54, 1.807) is 4.90 Å². The normalized spacial score (nSPS) is 19.7. The summed E-state index contributed by atoms with van der Waals surface area (Å²) < 4.78 is 10.8. The van der Waals surface area contributed by atoms with E-state index < -0.39 is 0 Å². The SMILES string of the molecule is CC[C@H](C)N1C(=O)/C(=C\c2ccc3c(c2)OCO3)SC1=Nc1ccc(C)cc1. The number of rotatable bonds is 4. The lowest BCUT2D eigenvalue weighted by Gasteiger charge is -2.22. The molecule has 28 heavy (non-hydrogen) atoms. The Morgan fingerprint density at radius 3 is 2.68 bits per heavy atom. The number of fused-ring (bicyclic) bond motifs is 1. The second-order valence-electron chi connectivity index (χ2n) is 6.89. The molecular weight excluding hydrogens is 372 g/mol. The van der Waals surface area contributed by atoms with Gasteiger partial charge in [-0.1, -0.05) is 30.7 Å². The molecule has 0 aromatic heterocycles. The van der Waals surface area contributed by atoms with E-state index in [2.05, 4.69) is 6.92 Å². The lowest BCUT2D eigenvalue weighted by atomic mass is 10.1. The average Bonchev–Trinajstić information content (AvgIpc) is 3.27. The zero-order valence-corrected chi connectivity index (χ0v) is 17.0. The van der Waals surface area contributed by atoms with E-state index in [9.17, 15) is 4.79 Å². The molecule has 0 saturated carbocycles. The Hall–Kier alpha value is -2.73. The fraction of sp³-hybridized carbons (Fsp3) is 0.273. The summed E-state index contributed by atoms with van der Waals surface area (Å²) in [5.74, 6) is 1.43. The Morgan fingerprint density at radius 2 is 1.93 bits per heavy atom. The Morgan fingerprint density at radius 1 is 1.18 bits per heavy atom. The van der Waals surface area contributed by atoms with Crippen LogP contribution in [0.4, 0.5) is 5.69 Å². The van der Waals surface area contributed by atoms with Crippen molar-refractivity contribution < 1.29 is 14.3 Å². The van der Waals surface area contributed by atoms with E-state index >= 15 is 0 Å². The fourth-order valence-electron chi connectivity index (χ4n) is 3.02. The summed E-state index contributed by atoms with van der Waals surface area (Å²) in [6, 6.07) is 13.8. The van der Waals surface area contributed by atoms with Crippen molar-refractivity contribution >= 4 is 34.6 Å². The van der Waals surface area contributed by atoms with Gasteiger partial charge in [0.2, 0.25) is 6.79 Å². The number of hydrogen-bond acceptors (Lipinski definition) is 5. The van der Waals surface area contributed by atoms with Crippen LogP contribution in [-0.2, 0) is 4.79 Å². The van der Waals surface area contributed by atoms with Crippen LogP contribution in [0, 0.1) is 6.92 Å². The van der Waals surface area contributed by atoms with Crippen LogP contribution < -0.4 is 9.47 Å². The molecule has 1 fully saturated rings. The Bertz CT molecular complexity index is 966. The minimum Gasteiger partial charge on any atom is -0.454 e. The third-order valence-electron chi connectivity index (χ3n) is 4.82. The van der Waals surface area contributed by atoms with Gasteiger partial charge in [0, 0.05) is 6.04 Å². The minimum atomic E-state index is -0.0112. The van der Waals surface area contributed by atoms with Gasteiger partial charge in [-0.3, -0.25) is 9.69 Å². The van der Waals surface area contributed by atoms with Crippen LogP contribution in [0.5, 0.6) is 11.5 Å². The van der Waals surface area contributed by atoms with Crippen molar-refractivity contribution in [1.82, 2.24) is 4.90 Å². The molecule has 0 spiro atoms. The molecule has 0 unspecified atom stereocenters. The van der Waals surface area contributed by atoms with Gasteiger partial charge in [0.1, 0.15) is 0 Å². The molecule has 4 rings (SSSR count). The second kappa shape index (κ2) is 7.72. The number of hydrogen-bond donors (Lipinski definition) is 0. The van der Waals surface area contributed by atoms with Crippen molar-refractivity contribution in [3.63, 3.8) is 0 Å². The van der Waals surface area contributed by atoms with Crippen LogP contribution in [0.3, 0.4) is 0 Å². The Labute approximate surface area is 169 Å². The summed E-state index contributed by atoms with van der Waals surface area (Å²) in [6.45, 7) is 6.40. The summed E-state index contributed by atoms with van der Waals surface area (Å²) in [6.07, 6.45) is 2.75. The molecule has 2 aliphatic heterocycles. The molecule has 5 nitrogen and oxygen atoms in total. The largest absolute Gasteiger partial charge is 0.454 e. The predicted octanol–water partition coefficient (Wildman–Crippen LogP) is 5.13. The number of thioether (sulfide) groups is 1. The maximum Gasteiger partial charge on any atom is 0.266 e. The highest BCUT2D eigenvalue weighted by Gasteiger charge is 2.36. The van der Waals surface area contributed by atoms with E-state index in [1.807, 2.05) is 62.4 Å². The van der Waals surface area contributed by atoms with Crippen LogP contribution in [0.1, 0.15) is 31.4 Å². The highest BCUT2D eigenvalue weighted by atomic mass is 32.2. The fourth-order valence-corrected chi connectivity index (χ4v) is 4.11. The lowest BCUT2D eigenvalue weighted by Crippen LogP contribution is -2.36. The lowest BCUT2D eigenvalue weighted by molar-refractivity contribution is -0.123. The van der Waals surface area contributed by atoms with Gasteiger partial charge >= 0.3 is 0 Å². The molecule has 0 N–H and O–H groups in total. The summed E-state index contributed by atoms with van der Waals surface area (Å²) in [5, 5.41) is 0.718. The van der Waals surface area contributed by atoms with E-state index in [0.29, 0.717) is 10.7 Å². The Kier molecular flexibility index (Phi) is 5.13. The monoisotopic (exact) mass is 394 g/mol. The first-order valence-corrected chi connectivity index (χ1v) is 10.1. The molecule has 0 aliphatic carbocycles. The number of carbonyl (C=O) groups is 1. The van der Waals surface area contributed by atoms with Crippen molar-refractivity contribution in [2.24, 2.45) is 4.99 Å². The molecule has 2 aromatic rings. The molecule has 0 bridgehead atoms. The summed E-state index contributed by atoms with van der Waals surface area (Å²) in [5.41, 5.74) is 2.93. The Balaban J connectivity index is 1.68. The van der Waals surface area contributed by atoms with Crippen molar-refractivity contribution in [3.05, 3.63) is 58.5 Å². The van der Waals surface area contributed by atoms with Crippen LogP contribution >= 0.6 is 11.8 Å². The molecule has 0 radical (unpaired) electrons. The van der Waals surface area contributed by atoms with E-state index in [4.69, 9.17) is 14.5 Å². The zero-order valence-electron chi connectivity index (χ0n) is 16.1. The van der Waals surface area contributed by atoms with Crippen LogP contribution in [0.15, 0.2) is 52.4 Å². The molecule has 1 saturated heterocycles. The third kappa shape index (κ3) is 3.64. The number of carbonyl (C=O) groups excluding carboxylic acids is 1. The van der Waals surface area contributed by atoms with Crippen molar-refractivity contribution in [2.75, 3.05) is 6.79 Å². The van der Waals surface area contributed by atoms with Gasteiger partial charge < -0.3 is 9.47 Å². The molecule has 6 heteroatoms. The molecule has 2 aromatic carbocycles. The predicted molar refractivity (Wildman–Crippen MR) is 113 cm³/mol. The van der Waals surface area contributed by atoms with Gasteiger partial charge in [0.15, 0.2) is 16.7 Å². The smallest absolute Gasteiger partial charge is 0.266 e. The van der Waals surface area contributed by atoms with E-state index in [-0.39, 0.29) is 18.7 Å². The average molecular weight is 394 g/mol. The molecule has 144 valence electrons. The zero-order chi connectivity index (χ0) is 19.7. The standard InChI is InChI=1S/C22H22N2O3S/c1-4-15(3)24-21(25)20(12-16-7-10-18-19(11-16)27-13-26-18)28-22(24)23-17-8-5-14(2)6-9-17/h5-12,15H,4,13H2,1-3H3/b20-12+,23-22?/t15-/m0/s1. The topological polar surface area (TPSA) is 51.1 Å². The van der Waals surface area contributed by atoms with Crippen molar-refractivity contribution in [3.8, 4) is 11.5 Å². The van der Waals surface area contributed by atoms with Crippen LogP contribution in [0.25, 0.3) is 6.08 Å². The summed E-state index contributed by atoms with van der Waals surface area (Å²) in [7, 11) is 0. The number of aryl methyl sites for hydroxylation is 1. The summed E-state index contributed by atoms with van der Waals surface area (Å²) >= 11 is 1.41. The molecule has 2 heterocycles. The van der Waals surface area contributed by atoms with Gasteiger partial charge in [-0.2, -0.15) is 0 Å². The van der Waals surface area contributed by atoms with Gasteiger partial charge in [-0.05, 0) is 67.9 Å². The quantitative estimate of drug-likeness (QED) is 0.675. The number of amides is 1. The van der Waals surface area contributed by atoms with Crippen LogP contribution in [-0.4, -0.2) is 28.8 Å². The first-order valence-electron chi connectivity index (χ1n) is 9.33. The highest BCUT2D eigenvalue weighted by Crippen LogP contribution is 2.38. The molecule has 1 amide bonds. The first-order chi connectivity index (χ1) is 13.5. The van der Waals surface area contributed by atoms with E-state index in [1.165, 1.54) is 17.3 Å². The number of ether oxygens (including phenoxy) is 2. The first kappa shape index (κ1) is 18.6. The molecular formula is C22H22N2O3S. The van der Waals surface area contributed by atoms with Crippen molar-refractivity contribution in [1.29, 1.82) is 0 Å². The van der Waals surface area contributed by atoms with Gasteiger partial charge in [-0.15, -0.1) is 0 Å². The second-order valence-corrected chi connectivity index (χ2v) is 7.89. The number of aliphatic imine (C=N–C) groups is 1. The summed E-state index contributed by atoms with van der Waals surface area (Å²) in [4.78, 5) is 20.3. The number of benzene rings is 2. The molecule has 2 aliphatic rings. The van der Waals surface area contributed by atoms with Crippen LogP contribution in [0.2, 0.25) is 0 Å². The van der Waals surface area contributed by atoms with Gasteiger partial charge in [0.05, 0.1) is 10.6 Å². The van der Waals surface area contributed by atoms with Gasteiger partial charge in [0.25, 0.3) is 5.91 Å². The van der Waals surface area contributed by atoms with Gasteiger partial charge in [-0.25, -0.2) is 4.99 Å². The minimum absolute atomic E-state index is 0.0112. The maximum atomic E-state index is 13.1. The van der Waals surface area contributed by atoms with Crippen molar-refractivity contribution in [2.45, 2.75) is 33.2 Å². The maximum absolute atomic E-state index is 13.1. The highest BCUT2D eigenvalue weighted by molar-refractivity contribution is 8.18. The number of nitrogens with zero attached hydrogens (tertiary/aromatic N) is 2. The number of amidine groups is 1. The van der Waals surface area contributed by atoms with E-state index in [0.717, 1.165) is 28.6 Å².